The molecule has 0 saturated carbocycles. The molecule has 0 saturated heterocycles. The lowest BCUT2D eigenvalue weighted by molar-refractivity contribution is -0.120. The van der Waals surface area contributed by atoms with Gasteiger partial charge in [0.2, 0.25) is 5.91 Å². The van der Waals surface area contributed by atoms with Crippen LogP contribution in [0.2, 0.25) is 0 Å². The average molecular weight is 365 g/mol. The van der Waals surface area contributed by atoms with Crippen molar-refractivity contribution in [3.05, 3.63) is 76.2 Å². The average Bonchev–Trinajstić information content (AvgIpc) is 2.70. The van der Waals surface area contributed by atoms with Crippen molar-refractivity contribution < 1.29 is 9.53 Å². The molecule has 0 bridgehead atoms. The van der Waals surface area contributed by atoms with Gasteiger partial charge in [0.15, 0.2) is 0 Å². The van der Waals surface area contributed by atoms with E-state index in [9.17, 15) is 9.59 Å². The molecule has 6 nitrogen and oxygen atoms in total. The fourth-order valence-electron chi connectivity index (χ4n) is 2.90. The summed E-state index contributed by atoms with van der Waals surface area (Å²) in [5.74, 6) is -0.129. The summed E-state index contributed by atoms with van der Waals surface area (Å²) in [6.45, 7) is 3.11. The predicted octanol–water partition coefficient (Wildman–Crippen LogP) is 2.75. The zero-order valence-corrected chi connectivity index (χ0v) is 15.3. The molecule has 1 heterocycles. The molecule has 2 aromatic carbocycles. The molecule has 0 radical (unpaired) electrons. The molecular weight excluding hydrogens is 342 g/mol. The number of hydrogen-bond acceptors (Lipinski definition) is 4. The summed E-state index contributed by atoms with van der Waals surface area (Å²) in [5, 5.41) is 10.6. The van der Waals surface area contributed by atoms with Crippen LogP contribution in [0.1, 0.15) is 30.7 Å². The Morgan fingerprint density at radius 3 is 2.59 bits per heavy atom. The maximum Gasteiger partial charge on any atom is 0.272 e. The minimum atomic E-state index is -0.251. The smallest absolute Gasteiger partial charge is 0.272 e. The first kappa shape index (κ1) is 18.8. The number of aromatic amines is 1. The van der Waals surface area contributed by atoms with Crippen LogP contribution in [0, 0.1) is 0 Å². The SMILES string of the molecule is C[C@H](OCCCNC(=O)Cc1n[nH]c(=O)c2ccccc12)c1ccccc1. The Morgan fingerprint density at radius 1 is 1.11 bits per heavy atom. The van der Waals surface area contributed by atoms with Crippen LogP contribution in [0.25, 0.3) is 10.8 Å². The van der Waals surface area contributed by atoms with E-state index in [-0.39, 0.29) is 24.0 Å². The summed E-state index contributed by atoms with van der Waals surface area (Å²) < 4.78 is 5.80. The predicted molar refractivity (Wildman–Crippen MR) is 105 cm³/mol. The number of benzene rings is 2. The minimum absolute atomic E-state index is 0.0265. The molecular formula is C21H23N3O3. The summed E-state index contributed by atoms with van der Waals surface area (Å²) >= 11 is 0. The molecule has 0 fully saturated rings. The van der Waals surface area contributed by atoms with E-state index in [4.69, 9.17) is 4.74 Å². The van der Waals surface area contributed by atoms with E-state index in [1.54, 1.807) is 18.2 Å². The van der Waals surface area contributed by atoms with Crippen LogP contribution >= 0.6 is 0 Å². The number of H-pyrrole nitrogens is 1. The van der Waals surface area contributed by atoms with E-state index in [0.717, 1.165) is 12.0 Å². The molecule has 27 heavy (non-hydrogen) atoms. The van der Waals surface area contributed by atoms with Gasteiger partial charge in [-0.15, -0.1) is 0 Å². The Labute approximate surface area is 157 Å². The second-order valence-corrected chi connectivity index (χ2v) is 6.35. The van der Waals surface area contributed by atoms with Crippen LogP contribution in [-0.2, 0) is 16.0 Å². The molecule has 6 heteroatoms. The molecule has 0 spiro atoms. The number of rotatable bonds is 8. The molecule has 1 aromatic heterocycles. The molecule has 2 N–H and O–H groups in total. The molecule has 0 aliphatic carbocycles. The molecule has 3 rings (SSSR count). The van der Waals surface area contributed by atoms with Gasteiger partial charge >= 0.3 is 0 Å². The van der Waals surface area contributed by atoms with Crippen LogP contribution in [0.4, 0.5) is 0 Å². The number of nitrogens with zero attached hydrogens (tertiary/aromatic N) is 1. The molecule has 0 aliphatic rings. The van der Waals surface area contributed by atoms with Gasteiger partial charge in [0, 0.05) is 18.5 Å². The normalized spacial score (nSPS) is 12.0. The van der Waals surface area contributed by atoms with E-state index in [2.05, 4.69) is 15.5 Å². The Bertz CT molecular complexity index is 954. The fraction of sp³-hybridized carbons (Fsp3) is 0.286. The van der Waals surface area contributed by atoms with Crippen molar-refractivity contribution in [3.8, 4) is 0 Å². The van der Waals surface area contributed by atoms with E-state index < -0.39 is 0 Å². The zero-order valence-electron chi connectivity index (χ0n) is 15.3. The Morgan fingerprint density at radius 2 is 1.81 bits per heavy atom. The van der Waals surface area contributed by atoms with Gasteiger partial charge in [-0.1, -0.05) is 48.5 Å². The van der Waals surface area contributed by atoms with E-state index >= 15 is 0 Å². The quantitative estimate of drug-likeness (QED) is 0.601. The lowest BCUT2D eigenvalue weighted by Crippen LogP contribution is -2.28. The standard InChI is InChI=1S/C21H23N3O3/c1-15(16-8-3-2-4-9-16)27-13-7-12-22-20(25)14-19-17-10-5-6-11-18(17)21(26)24-23-19/h2-6,8-11,15H,7,12-14H2,1H3,(H,22,25)(H,24,26)/t15-/m0/s1. The molecule has 0 aliphatic heterocycles. The number of carbonyl (C=O) groups is 1. The van der Waals surface area contributed by atoms with E-state index in [1.165, 1.54) is 0 Å². The van der Waals surface area contributed by atoms with Gasteiger partial charge in [-0.3, -0.25) is 9.59 Å². The number of nitrogens with one attached hydrogen (secondary N) is 2. The number of ether oxygens (including phenoxy) is 1. The van der Waals surface area contributed by atoms with Crippen LogP contribution in [0.15, 0.2) is 59.4 Å². The summed E-state index contributed by atoms with van der Waals surface area (Å²) in [6.07, 6.45) is 0.875. The first-order chi connectivity index (χ1) is 13.1. The Kier molecular flexibility index (Phi) is 6.33. The first-order valence-corrected chi connectivity index (χ1v) is 9.04. The number of carbonyl (C=O) groups excluding carboxylic acids is 1. The third kappa shape index (κ3) is 5.01. The second-order valence-electron chi connectivity index (χ2n) is 6.35. The lowest BCUT2D eigenvalue weighted by atomic mass is 10.1. The highest BCUT2D eigenvalue weighted by Gasteiger charge is 2.10. The second kappa shape index (κ2) is 9.09. The third-order valence-electron chi connectivity index (χ3n) is 4.38. The topological polar surface area (TPSA) is 84.1 Å². The van der Waals surface area contributed by atoms with Gasteiger partial charge in [0.25, 0.3) is 5.56 Å². The zero-order chi connectivity index (χ0) is 19.1. The highest BCUT2D eigenvalue weighted by atomic mass is 16.5. The monoisotopic (exact) mass is 365 g/mol. The molecule has 0 unspecified atom stereocenters. The van der Waals surface area contributed by atoms with Crippen LogP contribution in [0.5, 0.6) is 0 Å². The Hall–Kier alpha value is -2.99. The number of aromatic nitrogens is 2. The van der Waals surface area contributed by atoms with Gasteiger partial charge < -0.3 is 10.1 Å². The van der Waals surface area contributed by atoms with Gasteiger partial charge in [-0.25, -0.2) is 5.10 Å². The number of fused-ring (bicyclic) bond motifs is 1. The highest BCUT2D eigenvalue weighted by Crippen LogP contribution is 2.16. The lowest BCUT2D eigenvalue weighted by Gasteiger charge is -2.13. The fourth-order valence-corrected chi connectivity index (χ4v) is 2.90. The third-order valence-corrected chi connectivity index (χ3v) is 4.38. The summed E-state index contributed by atoms with van der Waals surface area (Å²) in [6, 6.07) is 17.2. The van der Waals surface area contributed by atoms with Gasteiger partial charge in [-0.2, -0.15) is 5.10 Å². The molecule has 1 atom stereocenters. The highest BCUT2D eigenvalue weighted by molar-refractivity contribution is 5.88. The maximum atomic E-state index is 12.2. The number of hydrogen-bond donors (Lipinski definition) is 2. The maximum absolute atomic E-state index is 12.2. The summed E-state index contributed by atoms with van der Waals surface area (Å²) in [4.78, 5) is 24.0. The van der Waals surface area contributed by atoms with Gasteiger partial charge in [-0.05, 0) is 25.0 Å². The van der Waals surface area contributed by atoms with Gasteiger partial charge in [0.1, 0.15) is 0 Å². The van der Waals surface area contributed by atoms with E-state index in [0.29, 0.717) is 29.6 Å². The van der Waals surface area contributed by atoms with Crippen molar-refractivity contribution in [2.45, 2.75) is 25.9 Å². The number of amides is 1. The van der Waals surface area contributed by atoms with Crippen molar-refractivity contribution in [2.75, 3.05) is 13.2 Å². The molecule has 1 amide bonds. The van der Waals surface area contributed by atoms with E-state index in [1.807, 2.05) is 43.3 Å². The first-order valence-electron chi connectivity index (χ1n) is 9.04. The Balaban J connectivity index is 1.44. The van der Waals surface area contributed by atoms with Crippen molar-refractivity contribution in [3.63, 3.8) is 0 Å². The van der Waals surface area contributed by atoms with Crippen molar-refractivity contribution in [1.82, 2.24) is 15.5 Å². The minimum Gasteiger partial charge on any atom is -0.374 e. The van der Waals surface area contributed by atoms with Crippen molar-refractivity contribution in [2.24, 2.45) is 0 Å². The van der Waals surface area contributed by atoms with Gasteiger partial charge in [0.05, 0.1) is 23.6 Å². The van der Waals surface area contributed by atoms with Crippen LogP contribution in [-0.4, -0.2) is 29.3 Å². The van der Waals surface area contributed by atoms with Crippen molar-refractivity contribution >= 4 is 16.7 Å². The largest absolute Gasteiger partial charge is 0.374 e. The summed E-state index contributed by atoms with van der Waals surface area (Å²) in [5.41, 5.74) is 1.45. The molecule has 3 aromatic rings. The molecule has 140 valence electrons. The summed E-state index contributed by atoms with van der Waals surface area (Å²) in [7, 11) is 0. The van der Waals surface area contributed by atoms with Crippen LogP contribution in [0.3, 0.4) is 0 Å². The van der Waals surface area contributed by atoms with Crippen LogP contribution < -0.4 is 10.9 Å². The van der Waals surface area contributed by atoms with Crippen molar-refractivity contribution in [1.29, 1.82) is 0 Å².